The van der Waals surface area contributed by atoms with Gasteiger partial charge in [0.1, 0.15) is 5.78 Å². The summed E-state index contributed by atoms with van der Waals surface area (Å²) in [5.41, 5.74) is 0. The van der Waals surface area contributed by atoms with Gasteiger partial charge in [0.2, 0.25) is 0 Å². The molecule has 0 atom stereocenters. The van der Waals surface area contributed by atoms with Crippen LogP contribution in [0.25, 0.3) is 0 Å². The van der Waals surface area contributed by atoms with Crippen LogP contribution in [0, 0.1) is 0 Å². The van der Waals surface area contributed by atoms with Gasteiger partial charge in [-0.1, -0.05) is 45.1 Å². The van der Waals surface area contributed by atoms with Crippen LogP contribution in [0.4, 0.5) is 0 Å². The molecule has 0 N–H and O–H groups in total. The maximum Gasteiger partial charge on any atom is 0.129 e. The van der Waals surface area contributed by atoms with Crippen LogP contribution in [0.1, 0.15) is 71.1 Å². The third-order valence-electron chi connectivity index (χ3n) is 3.02. The fraction of sp³-hybridized carbons (Fsp3) is 0.800. The molecule has 0 bridgehead atoms. The zero-order valence-electron chi connectivity index (χ0n) is 11.6. The Morgan fingerprint density at radius 1 is 0.882 bits per heavy atom. The molecular weight excluding hydrogens is 212 g/mol. The Hall–Kier alpha value is -0.790. The largest absolute Gasteiger partial charge is 0.502 e. The Morgan fingerprint density at radius 3 is 1.71 bits per heavy atom. The lowest BCUT2D eigenvalue weighted by molar-refractivity contribution is -0.117. The minimum absolute atomic E-state index is 0.323. The van der Waals surface area contributed by atoms with Crippen molar-refractivity contribution < 1.29 is 9.53 Å². The number of Topliss-reactive ketones (excluding diaryl/α,β-unsaturated/α-hetero) is 1. The summed E-state index contributed by atoms with van der Waals surface area (Å²) in [4.78, 5) is 10.7. The number of methoxy groups -OCH3 is 1. The lowest BCUT2D eigenvalue weighted by Crippen LogP contribution is -1.89. The van der Waals surface area contributed by atoms with Crippen LogP contribution in [0.5, 0.6) is 0 Å². The Morgan fingerprint density at radius 2 is 1.29 bits per heavy atom. The molecule has 0 spiro atoms. The monoisotopic (exact) mass is 240 g/mol. The summed E-state index contributed by atoms with van der Waals surface area (Å²) >= 11 is 0. The molecule has 0 heterocycles. The van der Waals surface area contributed by atoms with E-state index in [4.69, 9.17) is 4.74 Å². The van der Waals surface area contributed by atoms with E-state index in [1.165, 1.54) is 44.9 Å². The van der Waals surface area contributed by atoms with Crippen molar-refractivity contribution in [3.63, 3.8) is 0 Å². The second kappa shape index (κ2) is 11.7. The number of hydrogen-bond acceptors (Lipinski definition) is 2. The van der Waals surface area contributed by atoms with E-state index in [2.05, 4.69) is 6.58 Å². The number of allylic oxidation sites excluding steroid dienone is 1. The SMILES string of the molecule is C=C(CCCCCCCCCCC(C)=O)OC. The topological polar surface area (TPSA) is 26.3 Å². The van der Waals surface area contributed by atoms with Crippen molar-refractivity contribution in [2.75, 3.05) is 7.11 Å². The Bertz CT molecular complexity index is 209. The third-order valence-corrected chi connectivity index (χ3v) is 3.02. The molecule has 17 heavy (non-hydrogen) atoms. The Kier molecular flexibility index (Phi) is 11.1. The Balaban J connectivity index is 3.03. The summed E-state index contributed by atoms with van der Waals surface area (Å²) in [6, 6.07) is 0. The number of carbonyl (C=O) groups excluding carboxylic acids is 1. The van der Waals surface area contributed by atoms with Crippen LogP contribution in [0.3, 0.4) is 0 Å². The zero-order chi connectivity index (χ0) is 12.9. The fourth-order valence-electron chi connectivity index (χ4n) is 1.86. The van der Waals surface area contributed by atoms with Crippen molar-refractivity contribution in [3.8, 4) is 0 Å². The van der Waals surface area contributed by atoms with E-state index in [0.717, 1.165) is 25.0 Å². The number of rotatable bonds is 12. The van der Waals surface area contributed by atoms with Crippen LogP contribution in [0.15, 0.2) is 12.3 Å². The van der Waals surface area contributed by atoms with E-state index in [1.54, 1.807) is 14.0 Å². The van der Waals surface area contributed by atoms with E-state index in [-0.39, 0.29) is 0 Å². The molecule has 0 aromatic carbocycles. The van der Waals surface area contributed by atoms with E-state index < -0.39 is 0 Å². The highest BCUT2D eigenvalue weighted by molar-refractivity contribution is 5.75. The molecule has 2 nitrogen and oxygen atoms in total. The first-order valence-electron chi connectivity index (χ1n) is 6.88. The summed E-state index contributed by atoms with van der Waals surface area (Å²) in [6.07, 6.45) is 11.7. The molecule has 0 amide bonds. The van der Waals surface area contributed by atoms with E-state index in [1.807, 2.05) is 0 Å². The minimum Gasteiger partial charge on any atom is -0.502 e. The molecule has 100 valence electrons. The van der Waals surface area contributed by atoms with Gasteiger partial charge in [0, 0.05) is 12.8 Å². The predicted octanol–water partition coefficient (Wildman–Crippen LogP) is 4.64. The molecule has 0 saturated heterocycles. The molecule has 0 aliphatic rings. The summed E-state index contributed by atoms with van der Waals surface area (Å²) in [6.45, 7) is 5.48. The maximum absolute atomic E-state index is 10.7. The molecule has 0 fully saturated rings. The molecule has 0 rings (SSSR count). The van der Waals surface area contributed by atoms with Gasteiger partial charge >= 0.3 is 0 Å². The summed E-state index contributed by atoms with van der Waals surface area (Å²) in [5, 5.41) is 0. The van der Waals surface area contributed by atoms with Crippen molar-refractivity contribution >= 4 is 5.78 Å². The smallest absolute Gasteiger partial charge is 0.129 e. The van der Waals surface area contributed by atoms with Gasteiger partial charge in [-0.05, 0) is 19.8 Å². The average Bonchev–Trinajstić information content (AvgIpc) is 2.30. The fourth-order valence-corrected chi connectivity index (χ4v) is 1.86. The van der Waals surface area contributed by atoms with Crippen molar-refractivity contribution in [1.29, 1.82) is 0 Å². The molecule has 0 aromatic heterocycles. The van der Waals surface area contributed by atoms with Gasteiger partial charge in [-0.3, -0.25) is 0 Å². The van der Waals surface area contributed by atoms with Crippen molar-refractivity contribution in [3.05, 3.63) is 12.3 Å². The molecule has 0 radical (unpaired) electrons. The van der Waals surface area contributed by atoms with Crippen molar-refractivity contribution in [1.82, 2.24) is 0 Å². The number of unbranched alkanes of at least 4 members (excludes halogenated alkanes) is 7. The number of carbonyl (C=O) groups is 1. The van der Waals surface area contributed by atoms with Crippen LogP contribution in [-0.4, -0.2) is 12.9 Å². The molecule has 0 unspecified atom stereocenters. The Labute approximate surface area is 106 Å². The molecule has 2 heteroatoms. The van der Waals surface area contributed by atoms with Crippen molar-refractivity contribution in [2.24, 2.45) is 0 Å². The maximum atomic E-state index is 10.7. The van der Waals surface area contributed by atoms with Crippen LogP contribution >= 0.6 is 0 Å². The van der Waals surface area contributed by atoms with Gasteiger partial charge in [-0.15, -0.1) is 0 Å². The average molecular weight is 240 g/mol. The normalized spacial score (nSPS) is 10.2. The lowest BCUT2D eigenvalue weighted by atomic mass is 10.1. The summed E-state index contributed by atoms with van der Waals surface area (Å²) in [7, 11) is 1.68. The van der Waals surface area contributed by atoms with Gasteiger partial charge < -0.3 is 9.53 Å². The minimum atomic E-state index is 0.323. The predicted molar refractivity (Wildman–Crippen MR) is 73.0 cm³/mol. The van der Waals surface area contributed by atoms with E-state index in [0.29, 0.717) is 5.78 Å². The molecular formula is C15H28O2. The van der Waals surface area contributed by atoms with Gasteiger partial charge in [0.25, 0.3) is 0 Å². The highest BCUT2D eigenvalue weighted by Gasteiger charge is 1.96. The first-order valence-corrected chi connectivity index (χ1v) is 6.88. The van der Waals surface area contributed by atoms with Gasteiger partial charge in [-0.25, -0.2) is 0 Å². The summed E-state index contributed by atoms with van der Waals surface area (Å²) in [5.74, 6) is 1.22. The second-order valence-electron chi connectivity index (χ2n) is 4.77. The van der Waals surface area contributed by atoms with Crippen LogP contribution < -0.4 is 0 Å². The van der Waals surface area contributed by atoms with Crippen LogP contribution in [-0.2, 0) is 9.53 Å². The van der Waals surface area contributed by atoms with Gasteiger partial charge in [0.05, 0.1) is 12.9 Å². The standard InChI is InChI=1S/C15H28O2/c1-14(16)12-10-8-6-4-5-7-9-11-13-15(2)17-3/h2,4-13H2,1,3H3. The first-order chi connectivity index (χ1) is 8.16. The highest BCUT2D eigenvalue weighted by Crippen LogP contribution is 2.12. The third kappa shape index (κ3) is 13.1. The van der Waals surface area contributed by atoms with E-state index >= 15 is 0 Å². The molecule has 0 aromatic rings. The van der Waals surface area contributed by atoms with Gasteiger partial charge in [0.15, 0.2) is 0 Å². The quantitative estimate of drug-likeness (QED) is 0.367. The molecule has 0 aliphatic carbocycles. The first kappa shape index (κ1) is 16.2. The number of ketones is 1. The molecule has 0 aliphatic heterocycles. The number of hydrogen-bond donors (Lipinski definition) is 0. The lowest BCUT2D eigenvalue weighted by Gasteiger charge is -2.04. The van der Waals surface area contributed by atoms with E-state index in [9.17, 15) is 4.79 Å². The van der Waals surface area contributed by atoms with Crippen LogP contribution in [0.2, 0.25) is 0 Å². The number of ether oxygens (including phenoxy) is 1. The van der Waals surface area contributed by atoms with Gasteiger partial charge in [-0.2, -0.15) is 0 Å². The highest BCUT2D eigenvalue weighted by atomic mass is 16.5. The summed E-state index contributed by atoms with van der Waals surface area (Å²) < 4.78 is 5.02. The second-order valence-corrected chi connectivity index (χ2v) is 4.77. The van der Waals surface area contributed by atoms with Crippen molar-refractivity contribution in [2.45, 2.75) is 71.1 Å². The molecule has 0 saturated carbocycles. The zero-order valence-corrected chi connectivity index (χ0v) is 11.6.